The number of hydrogen-bond acceptors (Lipinski definition) is 3. The molecule has 0 fully saturated rings. The summed E-state index contributed by atoms with van der Waals surface area (Å²) in [5.74, 6) is 0.872. The molecule has 3 rings (SSSR count). The largest absolute Gasteiger partial charge is 0.493 e. The first-order chi connectivity index (χ1) is 9.69. The van der Waals surface area contributed by atoms with Crippen LogP contribution >= 0.6 is 27.3 Å². The zero-order valence-corrected chi connectivity index (χ0v) is 13.9. The lowest BCUT2D eigenvalue weighted by atomic mass is 10.1. The Bertz CT molecular complexity index is 601. The highest BCUT2D eigenvalue weighted by molar-refractivity contribution is 9.10. The number of rotatable bonds is 4. The van der Waals surface area contributed by atoms with E-state index in [0.29, 0.717) is 6.61 Å². The predicted molar refractivity (Wildman–Crippen MR) is 87.7 cm³/mol. The zero-order valence-electron chi connectivity index (χ0n) is 11.5. The maximum absolute atomic E-state index is 6.42. The number of nitrogens with two attached hydrogens (primary N) is 1. The standard InChI is InChI=1S/C16H18BrNOS/c1-2-19-13-7-6-11(8-12(13)17)16(18)15-9-10-4-3-5-14(10)20-15/h6-9,16H,2-5,18H2,1H3. The second kappa shape index (κ2) is 5.88. The van der Waals surface area contributed by atoms with E-state index in [2.05, 4.69) is 34.1 Å². The van der Waals surface area contributed by atoms with E-state index in [-0.39, 0.29) is 6.04 Å². The van der Waals surface area contributed by atoms with E-state index in [1.807, 2.05) is 24.3 Å². The Labute approximate surface area is 132 Å². The van der Waals surface area contributed by atoms with Crippen LogP contribution in [-0.2, 0) is 12.8 Å². The lowest BCUT2D eigenvalue weighted by Gasteiger charge is -2.13. The Kier molecular flexibility index (Phi) is 4.15. The van der Waals surface area contributed by atoms with Crippen molar-refractivity contribution in [1.82, 2.24) is 0 Å². The number of hydrogen-bond donors (Lipinski definition) is 1. The SMILES string of the molecule is CCOc1ccc(C(N)c2cc3c(s2)CCC3)cc1Br. The molecule has 0 saturated heterocycles. The molecule has 2 nitrogen and oxygen atoms in total. The summed E-state index contributed by atoms with van der Waals surface area (Å²) in [5.41, 5.74) is 9.05. The summed E-state index contributed by atoms with van der Waals surface area (Å²) in [6, 6.07) is 8.37. The third-order valence-electron chi connectivity index (χ3n) is 3.69. The van der Waals surface area contributed by atoms with E-state index < -0.39 is 0 Å². The van der Waals surface area contributed by atoms with Crippen molar-refractivity contribution in [3.8, 4) is 5.75 Å². The van der Waals surface area contributed by atoms with Crippen LogP contribution in [0, 0.1) is 0 Å². The molecule has 1 aromatic heterocycles. The van der Waals surface area contributed by atoms with Gasteiger partial charge >= 0.3 is 0 Å². The molecule has 2 N–H and O–H groups in total. The van der Waals surface area contributed by atoms with E-state index >= 15 is 0 Å². The Morgan fingerprint density at radius 3 is 2.90 bits per heavy atom. The van der Waals surface area contributed by atoms with Crippen LogP contribution in [0.2, 0.25) is 0 Å². The average Bonchev–Trinajstić information content (AvgIpc) is 3.01. The van der Waals surface area contributed by atoms with E-state index in [9.17, 15) is 0 Å². The number of fused-ring (bicyclic) bond motifs is 1. The Balaban J connectivity index is 1.86. The molecule has 0 amide bonds. The van der Waals surface area contributed by atoms with E-state index in [4.69, 9.17) is 10.5 Å². The van der Waals surface area contributed by atoms with Crippen molar-refractivity contribution in [1.29, 1.82) is 0 Å². The van der Waals surface area contributed by atoms with Gasteiger partial charge in [-0.2, -0.15) is 0 Å². The van der Waals surface area contributed by atoms with Crippen LogP contribution in [-0.4, -0.2) is 6.61 Å². The van der Waals surface area contributed by atoms with Gasteiger partial charge in [0.2, 0.25) is 0 Å². The van der Waals surface area contributed by atoms with Gasteiger partial charge in [0, 0.05) is 9.75 Å². The number of ether oxygens (including phenoxy) is 1. The minimum absolute atomic E-state index is 0.0439. The molecule has 0 bridgehead atoms. The molecular weight excluding hydrogens is 334 g/mol. The average molecular weight is 352 g/mol. The smallest absolute Gasteiger partial charge is 0.133 e. The highest BCUT2D eigenvalue weighted by Gasteiger charge is 2.19. The summed E-state index contributed by atoms with van der Waals surface area (Å²) in [6.07, 6.45) is 3.73. The summed E-state index contributed by atoms with van der Waals surface area (Å²) in [7, 11) is 0. The fourth-order valence-corrected chi connectivity index (χ4v) is 4.45. The first-order valence-electron chi connectivity index (χ1n) is 6.98. The third kappa shape index (κ3) is 2.65. The van der Waals surface area contributed by atoms with Crippen molar-refractivity contribution < 1.29 is 4.74 Å². The van der Waals surface area contributed by atoms with Gasteiger partial charge in [-0.3, -0.25) is 0 Å². The molecule has 0 radical (unpaired) electrons. The fraction of sp³-hybridized carbons (Fsp3) is 0.375. The summed E-state index contributed by atoms with van der Waals surface area (Å²) >= 11 is 5.43. The maximum Gasteiger partial charge on any atom is 0.133 e. The van der Waals surface area contributed by atoms with Crippen molar-refractivity contribution in [3.05, 3.63) is 49.6 Å². The first kappa shape index (κ1) is 14.1. The van der Waals surface area contributed by atoms with Crippen LogP contribution < -0.4 is 10.5 Å². The number of benzene rings is 1. The molecule has 0 aliphatic heterocycles. The number of thiophene rings is 1. The molecule has 1 atom stereocenters. The minimum atomic E-state index is -0.0439. The van der Waals surface area contributed by atoms with Crippen LogP contribution in [0.1, 0.15) is 40.3 Å². The van der Waals surface area contributed by atoms with Crippen molar-refractivity contribution in [3.63, 3.8) is 0 Å². The quantitative estimate of drug-likeness (QED) is 0.883. The molecule has 1 aliphatic rings. The molecule has 2 aromatic rings. The van der Waals surface area contributed by atoms with Gasteiger partial charge in [0.05, 0.1) is 17.1 Å². The molecule has 0 spiro atoms. The first-order valence-corrected chi connectivity index (χ1v) is 8.59. The molecule has 1 aromatic carbocycles. The van der Waals surface area contributed by atoms with Crippen LogP contribution in [0.25, 0.3) is 0 Å². The van der Waals surface area contributed by atoms with Crippen LogP contribution in [0.4, 0.5) is 0 Å². The van der Waals surface area contributed by atoms with Gasteiger partial charge in [0.25, 0.3) is 0 Å². The van der Waals surface area contributed by atoms with E-state index in [0.717, 1.165) is 15.8 Å². The van der Waals surface area contributed by atoms with Gasteiger partial charge in [0.15, 0.2) is 0 Å². The molecule has 0 saturated carbocycles. The predicted octanol–water partition coefficient (Wildman–Crippen LogP) is 4.45. The van der Waals surface area contributed by atoms with Crippen molar-refractivity contribution in [2.24, 2.45) is 5.73 Å². The zero-order chi connectivity index (χ0) is 14.1. The second-order valence-corrected chi connectivity index (χ2v) is 7.07. The van der Waals surface area contributed by atoms with Crippen molar-refractivity contribution >= 4 is 27.3 Å². The normalized spacial score (nSPS) is 15.2. The fourth-order valence-electron chi connectivity index (χ4n) is 2.65. The highest BCUT2D eigenvalue weighted by atomic mass is 79.9. The van der Waals surface area contributed by atoms with E-state index in [1.54, 1.807) is 0 Å². The summed E-state index contributed by atoms with van der Waals surface area (Å²) in [5, 5.41) is 0. The van der Waals surface area contributed by atoms with Gasteiger partial charge in [-0.25, -0.2) is 0 Å². The maximum atomic E-state index is 6.42. The molecule has 1 heterocycles. The van der Waals surface area contributed by atoms with Gasteiger partial charge in [-0.1, -0.05) is 6.07 Å². The number of aryl methyl sites for hydroxylation is 2. The Morgan fingerprint density at radius 2 is 2.20 bits per heavy atom. The highest BCUT2D eigenvalue weighted by Crippen LogP contribution is 2.36. The molecule has 1 unspecified atom stereocenters. The van der Waals surface area contributed by atoms with Gasteiger partial charge in [-0.05, 0) is 71.4 Å². The van der Waals surface area contributed by atoms with E-state index in [1.165, 1.54) is 34.6 Å². The molecule has 4 heteroatoms. The lowest BCUT2D eigenvalue weighted by Crippen LogP contribution is -2.10. The monoisotopic (exact) mass is 351 g/mol. The second-order valence-electron chi connectivity index (χ2n) is 5.05. The van der Waals surface area contributed by atoms with Crippen LogP contribution in [0.3, 0.4) is 0 Å². The minimum Gasteiger partial charge on any atom is -0.493 e. The molecule has 20 heavy (non-hydrogen) atoms. The van der Waals surface area contributed by atoms with Crippen molar-refractivity contribution in [2.75, 3.05) is 6.61 Å². The lowest BCUT2D eigenvalue weighted by molar-refractivity contribution is 0.338. The van der Waals surface area contributed by atoms with Gasteiger partial charge in [-0.15, -0.1) is 11.3 Å². The van der Waals surface area contributed by atoms with Crippen LogP contribution in [0.5, 0.6) is 5.75 Å². The number of halogens is 1. The summed E-state index contributed by atoms with van der Waals surface area (Å²) < 4.78 is 6.51. The molecular formula is C16H18BrNOS. The Hall–Kier alpha value is -0.840. The van der Waals surface area contributed by atoms with Gasteiger partial charge < -0.3 is 10.5 Å². The topological polar surface area (TPSA) is 35.2 Å². The molecule has 106 valence electrons. The third-order valence-corrected chi connectivity index (χ3v) is 5.63. The summed E-state index contributed by atoms with van der Waals surface area (Å²) in [6.45, 7) is 2.65. The molecule has 1 aliphatic carbocycles. The summed E-state index contributed by atoms with van der Waals surface area (Å²) in [4.78, 5) is 2.80. The van der Waals surface area contributed by atoms with Crippen LogP contribution in [0.15, 0.2) is 28.7 Å². The van der Waals surface area contributed by atoms with Gasteiger partial charge in [0.1, 0.15) is 5.75 Å². The Morgan fingerprint density at radius 1 is 1.35 bits per heavy atom. The van der Waals surface area contributed by atoms with Crippen molar-refractivity contribution in [2.45, 2.75) is 32.2 Å².